The lowest BCUT2D eigenvalue weighted by atomic mass is 9.92. The maximum atomic E-state index is 3.36. The maximum Gasteiger partial charge on any atom is 0.0327 e. The molecule has 0 saturated carbocycles. The van der Waals surface area contributed by atoms with Crippen LogP contribution in [0.15, 0.2) is 109 Å². The van der Waals surface area contributed by atoms with Crippen molar-refractivity contribution < 1.29 is 0 Å². The van der Waals surface area contributed by atoms with Crippen molar-refractivity contribution in [3.63, 3.8) is 0 Å². The Kier molecular flexibility index (Phi) is 4.63. The fraction of sp³-hybridized carbons (Fsp3) is 0. The Morgan fingerprint density at radius 2 is 0.923 bits per heavy atom. The zero-order valence-electron chi connectivity index (χ0n) is 14.4. The van der Waals surface area contributed by atoms with E-state index in [2.05, 4.69) is 78.6 Å². The van der Waals surface area contributed by atoms with Crippen molar-refractivity contribution in [2.24, 2.45) is 0 Å². The summed E-state index contributed by atoms with van der Waals surface area (Å²) in [4.78, 5) is 0. The van der Waals surface area contributed by atoms with E-state index in [1.165, 1.54) is 16.7 Å². The van der Waals surface area contributed by atoms with Crippen molar-refractivity contribution in [2.75, 3.05) is 0 Å². The maximum absolute atomic E-state index is 3.36. The Morgan fingerprint density at radius 1 is 0.385 bits per heavy atom. The molecule has 0 heterocycles. The molecule has 0 unspecified atom stereocenters. The molecule has 0 aliphatic heterocycles. The van der Waals surface area contributed by atoms with Crippen molar-refractivity contribution in [1.29, 1.82) is 0 Å². The monoisotopic (exact) mass is 330 g/mol. The lowest BCUT2D eigenvalue weighted by Gasteiger charge is -2.11. The van der Waals surface area contributed by atoms with Crippen LogP contribution in [0, 0.1) is 11.8 Å². The van der Waals surface area contributed by atoms with E-state index in [-0.39, 0.29) is 0 Å². The molecule has 0 aliphatic rings. The van der Waals surface area contributed by atoms with Crippen molar-refractivity contribution in [3.8, 4) is 34.1 Å². The number of rotatable bonds is 2. The van der Waals surface area contributed by atoms with Gasteiger partial charge in [-0.3, -0.25) is 0 Å². The lowest BCUT2D eigenvalue weighted by molar-refractivity contribution is 1.56. The van der Waals surface area contributed by atoms with Gasteiger partial charge in [0.15, 0.2) is 0 Å². The van der Waals surface area contributed by atoms with E-state index in [1.54, 1.807) is 0 Å². The van der Waals surface area contributed by atoms with Crippen LogP contribution in [0.1, 0.15) is 11.1 Å². The zero-order chi connectivity index (χ0) is 17.6. The van der Waals surface area contributed by atoms with Crippen LogP contribution >= 0.6 is 0 Å². The van der Waals surface area contributed by atoms with E-state index in [0.717, 1.165) is 16.7 Å². The summed E-state index contributed by atoms with van der Waals surface area (Å²) < 4.78 is 0. The number of benzene rings is 4. The molecule has 0 radical (unpaired) electrons. The molecule has 0 amide bonds. The van der Waals surface area contributed by atoms with Crippen LogP contribution in [-0.4, -0.2) is 0 Å². The molecule has 26 heavy (non-hydrogen) atoms. The summed E-state index contributed by atoms with van der Waals surface area (Å²) in [6.45, 7) is 0. The van der Waals surface area contributed by atoms with E-state index in [1.807, 2.05) is 42.5 Å². The predicted molar refractivity (Wildman–Crippen MR) is 110 cm³/mol. The summed E-state index contributed by atoms with van der Waals surface area (Å²) in [7, 11) is 0. The lowest BCUT2D eigenvalue weighted by Crippen LogP contribution is -1.88. The Labute approximate surface area is 154 Å². The highest BCUT2D eigenvalue weighted by Crippen LogP contribution is 2.33. The Bertz CT molecular complexity index is 1060. The first kappa shape index (κ1) is 15.9. The number of hydrogen-bond donors (Lipinski definition) is 0. The molecule has 0 atom stereocenters. The Morgan fingerprint density at radius 3 is 1.65 bits per heavy atom. The minimum atomic E-state index is 1.03. The molecule has 0 saturated heterocycles. The third-order valence-corrected chi connectivity index (χ3v) is 4.34. The van der Waals surface area contributed by atoms with Crippen LogP contribution in [0.3, 0.4) is 0 Å². The Hall–Kier alpha value is -3.56. The normalized spacial score (nSPS) is 10.0. The van der Waals surface area contributed by atoms with Gasteiger partial charge in [0, 0.05) is 11.1 Å². The molecule has 0 aliphatic carbocycles. The third kappa shape index (κ3) is 3.43. The summed E-state index contributed by atoms with van der Waals surface area (Å²) >= 11 is 0. The molecule has 0 bridgehead atoms. The molecule has 0 nitrogen and oxygen atoms in total. The van der Waals surface area contributed by atoms with E-state index >= 15 is 0 Å². The van der Waals surface area contributed by atoms with Crippen molar-refractivity contribution in [1.82, 2.24) is 0 Å². The minimum absolute atomic E-state index is 1.03. The second kappa shape index (κ2) is 7.55. The smallest absolute Gasteiger partial charge is 0.0327 e. The molecule has 4 aromatic rings. The van der Waals surface area contributed by atoms with Gasteiger partial charge in [-0.2, -0.15) is 0 Å². The van der Waals surface area contributed by atoms with Crippen LogP contribution in [-0.2, 0) is 0 Å². The highest BCUT2D eigenvalue weighted by Gasteiger charge is 2.09. The van der Waals surface area contributed by atoms with Gasteiger partial charge in [0.05, 0.1) is 0 Å². The van der Waals surface area contributed by atoms with Gasteiger partial charge in [-0.05, 0) is 40.5 Å². The first-order valence-electron chi connectivity index (χ1n) is 8.73. The van der Waals surface area contributed by atoms with E-state index in [4.69, 9.17) is 0 Å². The zero-order valence-corrected chi connectivity index (χ0v) is 14.4. The summed E-state index contributed by atoms with van der Waals surface area (Å²) in [6.07, 6.45) is 0. The average Bonchev–Trinajstić information content (AvgIpc) is 2.74. The summed E-state index contributed by atoms with van der Waals surface area (Å²) in [6, 6.07) is 37.5. The molecule has 0 aromatic heterocycles. The molecular formula is C26H18. The average molecular weight is 330 g/mol. The van der Waals surface area contributed by atoms with Gasteiger partial charge in [-0.25, -0.2) is 0 Å². The number of hydrogen-bond acceptors (Lipinski definition) is 0. The molecule has 122 valence electrons. The van der Waals surface area contributed by atoms with Crippen LogP contribution in [0.25, 0.3) is 22.3 Å². The predicted octanol–water partition coefficient (Wildman–Crippen LogP) is 6.42. The highest BCUT2D eigenvalue weighted by atomic mass is 14.1. The van der Waals surface area contributed by atoms with Crippen LogP contribution in [0.2, 0.25) is 0 Å². The summed E-state index contributed by atoms with van der Waals surface area (Å²) in [5.41, 5.74) is 6.88. The van der Waals surface area contributed by atoms with Gasteiger partial charge in [-0.1, -0.05) is 103 Å². The van der Waals surface area contributed by atoms with Crippen LogP contribution in [0.4, 0.5) is 0 Å². The van der Waals surface area contributed by atoms with E-state index in [9.17, 15) is 0 Å². The van der Waals surface area contributed by atoms with Gasteiger partial charge in [-0.15, -0.1) is 0 Å². The minimum Gasteiger partial charge on any atom is -0.0622 e. The van der Waals surface area contributed by atoms with Gasteiger partial charge >= 0.3 is 0 Å². The Balaban J connectivity index is 1.83. The summed E-state index contributed by atoms with van der Waals surface area (Å²) in [5.74, 6) is 6.64. The second-order valence-electron chi connectivity index (χ2n) is 6.07. The van der Waals surface area contributed by atoms with Crippen LogP contribution in [0.5, 0.6) is 0 Å². The van der Waals surface area contributed by atoms with Crippen molar-refractivity contribution in [3.05, 3.63) is 120 Å². The third-order valence-electron chi connectivity index (χ3n) is 4.34. The van der Waals surface area contributed by atoms with Crippen molar-refractivity contribution >= 4 is 0 Å². The van der Waals surface area contributed by atoms with Crippen LogP contribution < -0.4 is 0 Å². The van der Waals surface area contributed by atoms with Gasteiger partial charge < -0.3 is 0 Å². The second-order valence-corrected chi connectivity index (χ2v) is 6.07. The quantitative estimate of drug-likeness (QED) is 0.372. The van der Waals surface area contributed by atoms with Gasteiger partial charge in [0.1, 0.15) is 0 Å². The van der Waals surface area contributed by atoms with E-state index in [0.29, 0.717) is 0 Å². The molecule has 0 fully saturated rings. The van der Waals surface area contributed by atoms with E-state index < -0.39 is 0 Å². The molecule has 0 spiro atoms. The van der Waals surface area contributed by atoms with Gasteiger partial charge in [0.25, 0.3) is 0 Å². The molecule has 0 N–H and O–H groups in total. The molecular weight excluding hydrogens is 312 g/mol. The largest absolute Gasteiger partial charge is 0.0622 e. The molecule has 4 aromatic carbocycles. The van der Waals surface area contributed by atoms with Gasteiger partial charge in [0.2, 0.25) is 0 Å². The first-order valence-corrected chi connectivity index (χ1v) is 8.73. The molecule has 0 heteroatoms. The fourth-order valence-electron chi connectivity index (χ4n) is 3.08. The fourth-order valence-corrected chi connectivity index (χ4v) is 3.08. The van der Waals surface area contributed by atoms with Crippen molar-refractivity contribution in [2.45, 2.75) is 0 Å². The SMILES string of the molecule is C(#Cc1ccccc1-c1ccccc1-c1ccccc1)c1ccccc1. The first-order chi connectivity index (χ1) is 12.9. The summed E-state index contributed by atoms with van der Waals surface area (Å²) in [5, 5.41) is 0. The molecule has 4 rings (SSSR count). The highest BCUT2D eigenvalue weighted by molar-refractivity contribution is 5.86. The standard InChI is InChI=1S/C26H18/c1-3-11-21(12-4-1)19-20-23-15-7-8-16-25(23)26-18-10-9-17-24(26)22-13-5-2-6-14-22/h1-18H. The topological polar surface area (TPSA) is 0 Å².